The number of benzene rings is 2. The SMILES string of the molecule is CCN(CC)c1ccc(C(=O)O[C@@H](C)c2nnc(-c3ccccc3)o2)cc1. The molecule has 0 spiro atoms. The molecule has 0 aliphatic carbocycles. The fraction of sp³-hybridized carbons (Fsp3) is 0.286. The Labute approximate surface area is 158 Å². The van der Waals surface area contributed by atoms with Crippen LogP contribution in [0.15, 0.2) is 59.0 Å². The second-order valence-corrected chi connectivity index (χ2v) is 6.08. The van der Waals surface area contributed by atoms with Gasteiger partial charge in [0.2, 0.25) is 5.89 Å². The van der Waals surface area contributed by atoms with Crippen LogP contribution in [0.1, 0.15) is 43.1 Å². The zero-order valence-electron chi connectivity index (χ0n) is 15.8. The van der Waals surface area contributed by atoms with Crippen molar-refractivity contribution < 1.29 is 13.9 Å². The van der Waals surface area contributed by atoms with Crippen LogP contribution in [-0.4, -0.2) is 29.3 Å². The van der Waals surface area contributed by atoms with Gasteiger partial charge in [-0.2, -0.15) is 0 Å². The van der Waals surface area contributed by atoms with E-state index in [1.165, 1.54) is 0 Å². The summed E-state index contributed by atoms with van der Waals surface area (Å²) >= 11 is 0. The van der Waals surface area contributed by atoms with Gasteiger partial charge in [-0.25, -0.2) is 4.79 Å². The van der Waals surface area contributed by atoms with E-state index in [-0.39, 0.29) is 5.89 Å². The Kier molecular flexibility index (Phi) is 5.86. The highest BCUT2D eigenvalue weighted by molar-refractivity contribution is 5.90. The molecule has 140 valence electrons. The number of ether oxygens (including phenoxy) is 1. The van der Waals surface area contributed by atoms with Crippen LogP contribution in [0, 0.1) is 0 Å². The highest BCUT2D eigenvalue weighted by Crippen LogP contribution is 2.23. The van der Waals surface area contributed by atoms with Crippen LogP contribution in [0.4, 0.5) is 5.69 Å². The van der Waals surface area contributed by atoms with E-state index in [1.54, 1.807) is 19.1 Å². The fourth-order valence-electron chi connectivity index (χ4n) is 2.77. The minimum absolute atomic E-state index is 0.266. The number of nitrogens with zero attached hydrogens (tertiary/aromatic N) is 3. The first-order valence-electron chi connectivity index (χ1n) is 9.07. The molecule has 0 fully saturated rings. The molecular weight excluding hydrogens is 342 g/mol. The molecule has 2 aromatic carbocycles. The van der Waals surface area contributed by atoms with Crippen LogP contribution in [-0.2, 0) is 4.74 Å². The van der Waals surface area contributed by atoms with Gasteiger partial charge in [-0.05, 0) is 57.2 Å². The largest absolute Gasteiger partial charge is 0.449 e. The summed E-state index contributed by atoms with van der Waals surface area (Å²) in [5.74, 6) is 0.243. The summed E-state index contributed by atoms with van der Waals surface area (Å²) < 4.78 is 11.1. The lowest BCUT2D eigenvalue weighted by Crippen LogP contribution is -2.21. The molecule has 0 radical (unpaired) electrons. The summed E-state index contributed by atoms with van der Waals surface area (Å²) in [4.78, 5) is 14.6. The van der Waals surface area contributed by atoms with Gasteiger partial charge in [0, 0.05) is 24.3 Å². The maximum atomic E-state index is 12.4. The Morgan fingerprint density at radius 3 is 2.33 bits per heavy atom. The molecule has 0 saturated heterocycles. The minimum Gasteiger partial charge on any atom is -0.449 e. The average Bonchev–Trinajstić information content (AvgIpc) is 3.20. The Balaban J connectivity index is 1.66. The Bertz CT molecular complexity index is 871. The van der Waals surface area contributed by atoms with Crippen molar-refractivity contribution in [1.29, 1.82) is 0 Å². The van der Waals surface area contributed by atoms with E-state index in [9.17, 15) is 4.79 Å². The zero-order chi connectivity index (χ0) is 19.2. The van der Waals surface area contributed by atoms with E-state index in [2.05, 4.69) is 28.9 Å². The third kappa shape index (κ3) is 4.34. The predicted molar refractivity (Wildman–Crippen MR) is 104 cm³/mol. The molecule has 1 heterocycles. The normalized spacial score (nSPS) is 11.8. The molecule has 1 atom stereocenters. The first kappa shape index (κ1) is 18.6. The lowest BCUT2D eigenvalue weighted by atomic mass is 10.2. The quantitative estimate of drug-likeness (QED) is 0.574. The van der Waals surface area contributed by atoms with Crippen molar-refractivity contribution in [2.24, 2.45) is 0 Å². The van der Waals surface area contributed by atoms with Crippen molar-refractivity contribution in [3.63, 3.8) is 0 Å². The third-order valence-electron chi connectivity index (χ3n) is 4.32. The highest BCUT2D eigenvalue weighted by atomic mass is 16.6. The lowest BCUT2D eigenvalue weighted by molar-refractivity contribution is 0.0280. The maximum Gasteiger partial charge on any atom is 0.338 e. The molecule has 0 aliphatic rings. The summed E-state index contributed by atoms with van der Waals surface area (Å²) in [6, 6.07) is 16.9. The molecule has 0 bridgehead atoms. The van der Waals surface area contributed by atoms with Crippen LogP contribution < -0.4 is 4.90 Å². The third-order valence-corrected chi connectivity index (χ3v) is 4.32. The predicted octanol–water partition coefficient (Wildman–Crippen LogP) is 4.50. The molecule has 0 saturated carbocycles. The smallest absolute Gasteiger partial charge is 0.338 e. The van der Waals surface area contributed by atoms with Crippen LogP contribution in [0.5, 0.6) is 0 Å². The molecule has 0 unspecified atom stereocenters. The fourth-order valence-corrected chi connectivity index (χ4v) is 2.77. The van der Waals surface area contributed by atoms with E-state index in [1.807, 2.05) is 42.5 Å². The van der Waals surface area contributed by atoms with E-state index in [4.69, 9.17) is 9.15 Å². The van der Waals surface area contributed by atoms with Gasteiger partial charge in [0.25, 0.3) is 5.89 Å². The monoisotopic (exact) mass is 365 g/mol. The van der Waals surface area contributed by atoms with Crippen LogP contribution in [0.2, 0.25) is 0 Å². The summed E-state index contributed by atoms with van der Waals surface area (Å²) in [7, 11) is 0. The Hall–Kier alpha value is -3.15. The lowest BCUT2D eigenvalue weighted by Gasteiger charge is -2.21. The van der Waals surface area contributed by atoms with Gasteiger partial charge < -0.3 is 14.1 Å². The van der Waals surface area contributed by atoms with Crippen LogP contribution in [0.25, 0.3) is 11.5 Å². The number of hydrogen-bond donors (Lipinski definition) is 0. The molecule has 27 heavy (non-hydrogen) atoms. The van der Waals surface area contributed by atoms with E-state index in [0.29, 0.717) is 11.5 Å². The number of rotatable bonds is 7. The molecule has 0 aliphatic heterocycles. The number of hydrogen-bond acceptors (Lipinski definition) is 6. The molecule has 6 nitrogen and oxygen atoms in total. The van der Waals surface area contributed by atoms with Crippen LogP contribution in [0.3, 0.4) is 0 Å². The summed E-state index contributed by atoms with van der Waals surface area (Å²) in [5.41, 5.74) is 2.39. The summed E-state index contributed by atoms with van der Waals surface area (Å²) in [5, 5.41) is 8.02. The Morgan fingerprint density at radius 1 is 1.04 bits per heavy atom. The first-order chi connectivity index (χ1) is 13.1. The molecule has 1 aromatic heterocycles. The molecular formula is C21H23N3O3. The number of carbonyl (C=O) groups excluding carboxylic acids is 1. The summed E-state index contributed by atoms with van der Waals surface area (Å²) in [6.45, 7) is 7.74. The summed E-state index contributed by atoms with van der Waals surface area (Å²) in [6.07, 6.45) is -0.634. The van der Waals surface area contributed by atoms with Crippen molar-refractivity contribution >= 4 is 11.7 Å². The van der Waals surface area contributed by atoms with Gasteiger partial charge >= 0.3 is 5.97 Å². The topological polar surface area (TPSA) is 68.5 Å². The van der Waals surface area contributed by atoms with Gasteiger partial charge in [-0.3, -0.25) is 0 Å². The first-order valence-corrected chi connectivity index (χ1v) is 9.07. The van der Waals surface area contributed by atoms with Gasteiger partial charge in [0.05, 0.1) is 5.56 Å². The standard InChI is InChI=1S/C21H23N3O3/c1-4-24(5-2)18-13-11-17(12-14-18)21(25)26-15(3)19-22-23-20(27-19)16-9-7-6-8-10-16/h6-15H,4-5H2,1-3H3/t15-/m0/s1. The minimum atomic E-state index is -0.634. The van der Waals surface area contributed by atoms with Gasteiger partial charge in [0.15, 0.2) is 6.10 Å². The van der Waals surface area contributed by atoms with Crippen molar-refractivity contribution in [2.45, 2.75) is 26.9 Å². The molecule has 3 rings (SSSR count). The molecule has 0 amide bonds. The Morgan fingerprint density at radius 2 is 1.70 bits per heavy atom. The van der Waals surface area contributed by atoms with Crippen molar-refractivity contribution in [1.82, 2.24) is 10.2 Å². The van der Waals surface area contributed by atoms with Crippen LogP contribution >= 0.6 is 0 Å². The number of aromatic nitrogens is 2. The van der Waals surface area contributed by atoms with Gasteiger partial charge in [-0.15, -0.1) is 10.2 Å². The molecule has 6 heteroatoms. The van der Waals surface area contributed by atoms with Crippen molar-refractivity contribution in [2.75, 3.05) is 18.0 Å². The second-order valence-electron chi connectivity index (χ2n) is 6.08. The van der Waals surface area contributed by atoms with E-state index >= 15 is 0 Å². The number of anilines is 1. The zero-order valence-corrected chi connectivity index (χ0v) is 15.8. The highest BCUT2D eigenvalue weighted by Gasteiger charge is 2.20. The number of esters is 1. The molecule has 3 aromatic rings. The van der Waals surface area contributed by atoms with E-state index < -0.39 is 12.1 Å². The van der Waals surface area contributed by atoms with Crippen molar-refractivity contribution in [3.8, 4) is 11.5 Å². The van der Waals surface area contributed by atoms with Gasteiger partial charge in [-0.1, -0.05) is 18.2 Å². The second kappa shape index (κ2) is 8.49. The van der Waals surface area contributed by atoms with Crippen molar-refractivity contribution in [3.05, 3.63) is 66.1 Å². The average molecular weight is 365 g/mol. The van der Waals surface area contributed by atoms with Gasteiger partial charge in [0.1, 0.15) is 0 Å². The number of carbonyl (C=O) groups is 1. The van der Waals surface area contributed by atoms with E-state index in [0.717, 1.165) is 24.3 Å². The molecule has 0 N–H and O–H groups in total. The maximum absolute atomic E-state index is 12.4.